The van der Waals surface area contributed by atoms with E-state index in [1.54, 1.807) is 24.1 Å². The summed E-state index contributed by atoms with van der Waals surface area (Å²) < 4.78 is 5.30. The van der Waals surface area contributed by atoms with Gasteiger partial charge in [-0.3, -0.25) is 9.69 Å². The van der Waals surface area contributed by atoms with E-state index in [-0.39, 0.29) is 17.9 Å². The molecule has 27 heavy (non-hydrogen) atoms. The molecule has 1 aliphatic carbocycles. The Morgan fingerprint density at radius 1 is 1.07 bits per heavy atom. The van der Waals surface area contributed by atoms with Crippen molar-refractivity contribution >= 4 is 23.3 Å². The molecule has 6 nitrogen and oxygen atoms in total. The Morgan fingerprint density at radius 2 is 1.78 bits per heavy atom. The molecular formula is C21H25N3O3. The van der Waals surface area contributed by atoms with Crippen molar-refractivity contribution in [3.63, 3.8) is 0 Å². The predicted octanol–water partition coefficient (Wildman–Crippen LogP) is 3.65. The Hall–Kier alpha value is -3.02. The minimum Gasteiger partial charge on any atom is -0.495 e. The summed E-state index contributed by atoms with van der Waals surface area (Å²) in [4.78, 5) is 26.3. The lowest BCUT2D eigenvalue weighted by molar-refractivity contribution is -0.122. The average molecular weight is 367 g/mol. The lowest BCUT2D eigenvalue weighted by Crippen LogP contribution is -2.37. The number of para-hydroxylation sites is 3. The van der Waals surface area contributed by atoms with Crippen molar-refractivity contribution in [2.24, 2.45) is 5.92 Å². The van der Waals surface area contributed by atoms with Gasteiger partial charge in [-0.1, -0.05) is 30.3 Å². The van der Waals surface area contributed by atoms with Crippen LogP contribution in [0.1, 0.15) is 19.3 Å². The largest absolute Gasteiger partial charge is 0.495 e. The second kappa shape index (κ2) is 9.07. The Bertz CT molecular complexity index is 775. The molecule has 0 atom stereocenters. The number of hydrogen-bond donors (Lipinski definition) is 2. The highest BCUT2D eigenvalue weighted by Crippen LogP contribution is 2.28. The molecule has 1 saturated carbocycles. The van der Waals surface area contributed by atoms with Crippen molar-refractivity contribution in [3.05, 3.63) is 54.6 Å². The second-order valence-electron chi connectivity index (χ2n) is 6.54. The van der Waals surface area contributed by atoms with Gasteiger partial charge in [0.2, 0.25) is 5.91 Å². The maximum Gasteiger partial charge on any atom is 0.326 e. The van der Waals surface area contributed by atoms with Gasteiger partial charge >= 0.3 is 6.03 Å². The van der Waals surface area contributed by atoms with Gasteiger partial charge in [0.15, 0.2) is 0 Å². The summed E-state index contributed by atoms with van der Waals surface area (Å²) in [6, 6.07) is 16.6. The van der Waals surface area contributed by atoms with E-state index in [4.69, 9.17) is 4.74 Å². The summed E-state index contributed by atoms with van der Waals surface area (Å²) in [7, 11) is 1.57. The van der Waals surface area contributed by atoms with Crippen LogP contribution in [-0.4, -0.2) is 32.1 Å². The van der Waals surface area contributed by atoms with Crippen LogP contribution < -0.4 is 20.3 Å². The number of methoxy groups -OCH3 is 1. The Labute approximate surface area is 159 Å². The number of hydrogen-bond acceptors (Lipinski definition) is 3. The molecule has 1 aliphatic rings. The van der Waals surface area contributed by atoms with Gasteiger partial charge in [-0.15, -0.1) is 0 Å². The number of benzene rings is 2. The topological polar surface area (TPSA) is 70.7 Å². The number of carbonyl (C=O) groups excluding carboxylic acids is 2. The molecule has 0 heterocycles. The highest BCUT2D eigenvalue weighted by Gasteiger charge is 2.29. The zero-order chi connectivity index (χ0) is 19.1. The first-order valence-corrected chi connectivity index (χ1v) is 9.23. The lowest BCUT2D eigenvalue weighted by Gasteiger charge is -2.24. The number of anilines is 2. The zero-order valence-corrected chi connectivity index (χ0v) is 15.5. The molecule has 0 saturated heterocycles. The zero-order valence-electron chi connectivity index (χ0n) is 15.5. The van der Waals surface area contributed by atoms with Gasteiger partial charge in [-0.2, -0.15) is 0 Å². The lowest BCUT2D eigenvalue weighted by atomic mass is 10.2. The molecule has 0 radical (unpaired) electrons. The van der Waals surface area contributed by atoms with E-state index >= 15 is 0 Å². The average Bonchev–Trinajstić information content (AvgIpc) is 3.54. The molecule has 6 heteroatoms. The molecule has 2 N–H and O–H groups in total. The maximum atomic E-state index is 12.9. The van der Waals surface area contributed by atoms with Crippen molar-refractivity contribution in [2.75, 3.05) is 30.4 Å². The molecule has 0 spiro atoms. The van der Waals surface area contributed by atoms with Crippen molar-refractivity contribution in [2.45, 2.75) is 19.3 Å². The molecule has 1 fully saturated rings. The van der Waals surface area contributed by atoms with E-state index in [0.29, 0.717) is 30.9 Å². The van der Waals surface area contributed by atoms with Crippen LogP contribution in [0.4, 0.5) is 16.2 Å². The van der Waals surface area contributed by atoms with Crippen LogP contribution in [0.2, 0.25) is 0 Å². The Balaban J connectivity index is 1.63. The molecule has 3 amide bonds. The third-order valence-electron chi connectivity index (χ3n) is 4.47. The number of urea groups is 1. The van der Waals surface area contributed by atoms with Crippen LogP contribution in [0.25, 0.3) is 0 Å². The number of rotatable bonds is 8. The fourth-order valence-electron chi connectivity index (χ4n) is 2.83. The summed E-state index contributed by atoms with van der Waals surface area (Å²) in [5.74, 6) is 0.930. The van der Waals surface area contributed by atoms with Gasteiger partial charge in [0.25, 0.3) is 0 Å². The molecule has 142 valence electrons. The fraction of sp³-hybridized carbons (Fsp3) is 0.333. The second-order valence-corrected chi connectivity index (χ2v) is 6.54. The van der Waals surface area contributed by atoms with Crippen molar-refractivity contribution in [1.29, 1.82) is 0 Å². The fourth-order valence-corrected chi connectivity index (χ4v) is 2.83. The Kier molecular flexibility index (Phi) is 6.30. The van der Waals surface area contributed by atoms with Crippen molar-refractivity contribution < 1.29 is 14.3 Å². The highest BCUT2D eigenvalue weighted by atomic mass is 16.5. The van der Waals surface area contributed by atoms with E-state index in [1.165, 1.54) is 0 Å². The van der Waals surface area contributed by atoms with Gasteiger partial charge in [0, 0.05) is 24.7 Å². The number of nitrogens with zero attached hydrogens (tertiary/aromatic N) is 1. The quantitative estimate of drug-likeness (QED) is 0.700. The summed E-state index contributed by atoms with van der Waals surface area (Å²) in [5.41, 5.74) is 1.42. The summed E-state index contributed by atoms with van der Waals surface area (Å²) in [6.07, 6.45) is 2.65. The Morgan fingerprint density at radius 3 is 2.48 bits per heavy atom. The van der Waals surface area contributed by atoms with Crippen LogP contribution in [0.3, 0.4) is 0 Å². The number of amides is 3. The number of nitrogens with one attached hydrogen (secondary N) is 2. The van der Waals surface area contributed by atoms with Crippen LogP contribution in [-0.2, 0) is 4.79 Å². The molecule has 0 aliphatic heterocycles. The molecule has 3 rings (SSSR count). The van der Waals surface area contributed by atoms with E-state index in [2.05, 4.69) is 10.6 Å². The van der Waals surface area contributed by atoms with Gasteiger partial charge < -0.3 is 15.4 Å². The minimum atomic E-state index is -0.237. The van der Waals surface area contributed by atoms with Crippen LogP contribution >= 0.6 is 0 Å². The molecular weight excluding hydrogens is 342 g/mol. The van der Waals surface area contributed by atoms with E-state index < -0.39 is 0 Å². The van der Waals surface area contributed by atoms with E-state index in [0.717, 1.165) is 18.5 Å². The summed E-state index contributed by atoms with van der Waals surface area (Å²) in [6.45, 7) is 1.05. The summed E-state index contributed by atoms with van der Waals surface area (Å²) in [5, 5.41) is 5.85. The van der Waals surface area contributed by atoms with Gasteiger partial charge in [-0.05, 0) is 43.5 Å². The monoisotopic (exact) mass is 367 g/mol. The van der Waals surface area contributed by atoms with Crippen LogP contribution in [0.5, 0.6) is 5.75 Å². The first-order chi connectivity index (χ1) is 13.2. The van der Waals surface area contributed by atoms with Gasteiger partial charge in [-0.25, -0.2) is 4.79 Å². The SMILES string of the molecule is COc1ccccc1NC(=O)N(CCCNC(=O)C1CC1)c1ccccc1. The third kappa shape index (κ3) is 5.23. The van der Waals surface area contributed by atoms with Gasteiger partial charge in [0.1, 0.15) is 5.75 Å². The molecule has 2 aromatic carbocycles. The molecule has 2 aromatic rings. The maximum absolute atomic E-state index is 12.9. The van der Waals surface area contributed by atoms with E-state index in [9.17, 15) is 9.59 Å². The minimum absolute atomic E-state index is 0.125. The highest BCUT2D eigenvalue weighted by molar-refractivity contribution is 6.02. The van der Waals surface area contributed by atoms with Crippen molar-refractivity contribution in [3.8, 4) is 5.75 Å². The van der Waals surface area contributed by atoms with Gasteiger partial charge in [0.05, 0.1) is 12.8 Å². The number of ether oxygens (including phenoxy) is 1. The predicted molar refractivity (Wildman–Crippen MR) is 106 cm³/mol. The summed E-state index contributed by atoms with van der Waals surface area (Å²) >= 11 is 0. The standard InChI is InChI=1S/C21H25N3O3/c1-27-19-11-6-5-10-18(19)23-21(26)24(17-8-3-2-4-9-17)15-7-14-22-20(25)16-12-13-16/h2-6,8-11,16H,7,12-15H2,1H3,(H,22,25)(H,23,26). The smallest absolute Gasteiger partial charge is 0.326 e. The molecule has 0 aromatic heterocycles. The first kappa shape index (κ1) is 18.8. The van der Waals surface area contributed by atoms with Crippen molar-refractivity contribution in [1.82, 2.24) is 5.32 Å². The first-order valence-electron chi connectivity index (χ1n) is 9.23. The van der Waals surface area contributed by atoms with E-state index in [1.807, 2.05) is 42.5 Å². The normalized spacial score (nSPS) is 12.9. The molecule has 0 bridgehead atoms. The van der Waals surface area contributed by atoms with Crippen LogP contribution in [0.15, 0.2) is 54.6 Å². The number of carbonyl (C=O) groups is 2. The van der Waals surface area contributed by atoms with Crippen LogP contribution in [0, 0.1) is 5.92 Å². The third-order valence-corrected chi connectivity index (χ3v) is 4.47. The molecule has 0 unspecified atom stereocenters.